The van der Waals surface area contributed by atoms with E-state index in [-0.39, 0.29) is 23.7 Å². The Morgan fingerprint density at radius 2 is 1.83 bits per heavy atom. The number of carbonyl (C=O) groups is 2. The molecule has 1 aliphatic heterocycles. The van der Waals surface area contributed by atoms with E-state index in [2.05, 4.69) is 0 Å². The van der Waals surface area contributed by atoms with Gasteiger partial charge in [-0.15, -0.1) is 0 Å². The molecule has 0 spiro atoms. The number of aromatic nitrogens is 1. The Hall–Kier alpha value is -2.49. The minimum Gasteiger partial charge on any atom is -0.457 e. The molecule has 0 radical (unpaired) electrons. The first-order chi connectivity index (χ1) is 14.3. The number of benzene rings is 1. The highest BCUT2D eigenvalue weighted by Gasteiger charge is 2.27. The molecular formula is C21H26N2O6S. The quantitative estimate of drug-likeness (QED) is 0.490. The van der Waals surface area contributed by atoms with E-state index in [1.807, 2.05) is 11.5 Å². The first-order valence-corrected chi connectivity index (χ1v) is 11.3. The summed E-state index contributed by atoms with van der Waals surface area (Å²) in [6, 6.07) is 8.38. The third-order valence-corrected chi connectivity index (χ3v) is 6.96. The van der Waals surface area contributed by atoms with Crippen LogP contribution in [0.5, 0.6) is 0 Å². The van der Waals surface area contributed by atoms with Gasteiger partial charge in [-0.3, -0.25) is 9.59 Å². The first kappa shape index (κ1) is 22.2. The molecule has 9 heteroatoms. The summed E-state index contributed by atoms with van der Waals surface area (Å²) in [4.78, 5) is 24.0. The van der Waals surface area contributed by atoms with Crippen LogP contribution in [0.2, 0.25) is 0 Å². The van der Waals surface area contributed by atoms with Crippen LogP contribution in [0.4, 0.5) is 0 Å². The molecule has 162 valence electrons. The van der Waals surface area contributed by atoms with Gasteiger partial charge in [0, 0.05) is 42.1 Å². The fraction of sp³-hybridized carbons (Fsp3) is 0.429. The van der Waals surface area contributed by atoms with Crippen LogP contribution in [0, 0.1) is 13.8 Å². The minimum atomic E-state index is -3.63. The van der Waals surface area contributed by atoms with Gasteiger partial charge in [0.25, 0.3) is 0 Å². The second kappa shape index (κ2) is 9.11. The zero-order chi connectivity index (χ0) is 21.9. The van der Waals surface area contributed by atoms with Crippen molar-refractivity contribution in [3.63, 3.8) is 0 Å². The Morgan fingerprint density at radius 3 is 2.50 bits per heavy atom. The third-order valence-electron chi connectivity index (χ3n) is 5.07. The summed E-state index contributed by atoms with van der Waals surface area (Å²) >= 11 is 0. The fourth-order valence-electron chi connectivity index (χ4n) is 3.49. The largest absolute Gasteiger partial charge is 0.457 e. The second-order valence-electron chi connectivity index (χ2n) is 7.07. The van der Waals surface area contributed by atoms with E-state index < -0.39 is 16.0 Å². The highest BCUT2D eigenvalue weighted by molar-refractivity contribution is 7.89. The molecule has 30 heavy (non-hydrogen) atoms. The molecule has 1 aromatic heterocycles. The molecule has 0 amide bonds. The van der Waals surface area contributed by atoms with Gasteiger partial charge < -0.3 is 14.0 Å². The number of ketones is 1. The topological polar surface area (TPSA) is 94.9 Å². The van der Waals surface area contributed by atoms with Gasteiger partial charge in [-0.05, 0) is 38.1 Å². The predicted molar refractivity (Wildman–Crippen MR) is 110 cm³/mol. The van der Waals surface area contributed by atoms with E-state index in [1.54, 1.807) is 44.2 Å². The average molecular weight is 435 g/mol. The van der Waals surface area contributed by atoms with Crippen LogP contribution in [-0.2, 0) is 24.3 Å². The smallest absolute Gasteiger partial charge is 0.305 e. The summed E-state index contributed by atoms with van der Waals surface area (Å²) < 4.78 is 39.4. The first-order valence-electron chi connectivity index (χ1n) is 9.81. The van der Waals surface area contributed by atoms with Gasteiger partial charge in [0.15, 0.2) is 6.61 Å². The Balaban J connectivity index is 1.91. The van der Waals surface area contributed by atoms with Gasteiger partial charge in [-0.1, -0.05) is 13.0 Å². The van der Waals surface area contributed by atoms with Crippen LogP contribution in [-0.4, -0.2) is 62.0 Å². The molecule has 2 aromatic rings. The maximum absolute atomic E-state index is 13.0. The van der Waals surface area contributed by atoms with Crippen molar-refractivity contribution in [2.45, 2.75) is 32.1 Å². The number of sulfonamides is 1. The number of nitrogens with zero attached hydrogens (tertiary/aromatic N) is 2. The van der Waals surface area contributed by atoms with Crippen molar-refractivity contribution in [3.8, 4) is 5.69 Å². The molecule has 3 rings (SSSR count). The third kappa shape index (κ3) is 4.48. The molecule has 1 saturated heterocycles. The molecule has 1 aliphatic rings. The van der Waals surface area contributed by atoms with E-state index in [0.717, 1.165) is 5.69 Å². The van der Waals surface area contributed by atoms with E-state index in [1.165, 1.54) is 4.31 Å². The molecule has 0 atom stereocenters. The molecule has 0 saturated carbocycles. The molecule has 2 heterocycles. The van der Waals surface area contributed by atoms with E-state index in [9.17, 15) is 18.0 Å². The number of carbonyl (C=O) groups excluding carboxylic acids is 2. The fourth-order valence-corrected chi connectivity index (χ4v) is 4.94. The number of hydrogen-bond donors (Lipinski definition) is 0. The van der Waals surface area contributed by atoms with Crippen molar-refractivity contribution in [2.24, 2.45) is 0 Å². The lowest BCUT2D eigenvalue weighted by atomic mass is 10.1. The summed E-state index contributed by atoms with van der Waals surface area (Å²) in [6.45, 7) is 6.37. The number of esters is 1. The lowest BCUT2D eigenvalue weighted by molar-refractivity contribution is -0.142. The van der Waals surface area contributed by atoms with Gasteiger partial charge in [0.2, 0.25) is 15.8 Å². The zero-order valence-electron chi connectivity index (χ0n) is 17.4. The van der Waals surface area contributed by atoms with E-state index in [0.29, 0.717) is 43.2 Å². The number of ether oxygens (including phenoxy) is 2. The standard InChI is InChI=1S/C21H26N2O6S/c1-4-21(25)29-14-20(24)19-12-15(2)23(16(19)3)17-6-5-7-18(13-17)30(26,27)22-8-10-28-11-9-22/h5-7,12-13H,4,8-11,14H2,1-3H3. The van der Waals surface area contributed by atoms with E-state index >= 15 is 0 Å². The van der Waals surface area contributed by atoms with Crippen molar-refractivity contribution in [3.05, 3.63) is 47.3 Å². The highest BCUT2D eigenvalue weighted by Crippen LogP contribution is 2.25. The summed E-state index contributed by atoms with van der Waals surface area (Å²) in [6.07, 6.45) is 0.205. The molecule has 0 bridgehead atoms. The number of morpholine rings is 1. The normalized spacial score (nSPS) is 15.2. The molecule has 0 N–H and O–H groups in total. The minimum absolute atomic E-state index is 0.194. The Labute approximate surface area is 176 Å². The molecule has 8 nitrogen and oxygen atoms in total. The van der Waals surface area contributed by atoms with Gasteiger partial charge >= 0.3 is 5.97 Å². The Morgan fingerprint density at radius 1 is 1.13 bits per heavy atom. The number of Topliss-reactive ketones (excluding diaryl/α,β-unsaturated/α-hetero) is 1. The molecule has 0 unspecified atom stereocenters. The molecular weight excluding hydrogens is 408 g/mol. The second-order valence-corrected chi connectivity index (χ2v) is 9.01. The van der Waals surface area contributed by atoms with Crippen molar-refractivity contribution in [1.29, 1.82) is 0 Å². The van der Waals surface area contributed by atoms with Crippen molar-refractivity contribution >= 4 is 21.8 Å². The predicted octanol–water partition coefficient (Wildman–Crippen LogP) is 2.25. The number of rotatable bonds is 7. The summed E-state index contributed by atoms with van der Waals surface area (Å²) in [5.41, 5.74) is 2.52. The average Bonchev–Trinajstić information content (AvgIpc) is 3.06. The molecule has 1 fully saturated rings. The maximum Gasteiger partial charge on any atom is 0.305 e. The summed E-state index contributed by atoms with van der Waals surface area (Å²) in [7, 11) is -3.63. The molecule has 0 aliphatic carbocycles. The summed E-state index contributed by atoms with van der Waals surface area (Å²) in [5.74, 6) is -0.730. The van der Waals surface area contributed by atoms with Gasteiger partial charge in [-0.25, -0.2) is 8.42 Å². The number of aryl methyl sites for hydroxylation is 1. The van der Waals surface area contributed by atoms with Gasteiger partial charge in [0.1, 0.15) is 0 Å². The highest BCUT2D eigenvalue weighted by atomic mass is 32.2. The van der Waals surface area contributed by atoms with Crippen LogP contribution < -0.4 is 0 Å². The van der Waals surface area contributed by atoms with Crippen molar-refractivity contribution < 1.29 is 27.5 Å². The maximum atomic E-state index is 13.0. The van der Waals surface area contributed by atoms with Crippen LogP contribution in [0.25, 0.3) is 5.69 Å². The lowest BCUT2D eigenvalue weighted by Gasteiger charge is -2.26. The number of hydrogen-bond acceptors (Lipinski definition) is 6. The van der Waals surface area contributed by atoms with Gasteiger partial charge in [-0.2, -0.15) is 4.31 Å². The Kier molecular flexibility index (Phi) is 6.74. The SMILES string of the molecule is CCC(=O)OCC(=O)c1cc(C)n(-c2cccc(S(=O)(=O)N3CCOCC3)c2)c1C. The van der Waals surface area contributed by atoms with Gasteiger partial charge in [0.05, 0.1) is 18.1 Å². The van der Waals surface area contributed by atoms with Crippen molar-refractivity contribution in [2.75, 3.05) is 32.9 Å². The van der Waals surface area contributed by atoms with E-state index in [4.69, 9.17) is 9.47 Å². The van der Waals surface area contributed by atoms with Crippen LogP contribution in [0.1, 0.15) is 35.1 Å². The zero-order valence-corrected chi connectivity index (χ0v) is 18.2. The lowest BCUT2D eigenvalue weighted by Crippen LogP contribution is -2.40. The monoisotopic (exact) mass is 434 g/mol. The van der Waals surface area contributed by atoms with Crippen LogP contribution >= 0.6 is 0 Å². The Bertz CT molecular complexity index is 1050. The van der Waals surface area contributed by atoms with Crippen molar-refractivity contribution in [1.82, 2.24) is 8.87 Å². The van der Waals surface area contributed by atoms with Crippen LogP contribution in [0.3, 0.4) is 0 Å². The summed E-state index contributed by atoms with van der Waals surface area (Å²) in [5, 5.41) is 0. The van der Waals surface area contributed by atoms with Crippen LogP contribution in [0.15, 0.2) is 35.2 Å². The molecule has 1 aromatic carbocycles.